The van der Waals surface area contributed by atoms with Gasteiger partial charge in [0.2, 0.25) is 0 Å². The van der Waals surface area contributed by atoms with Gasteiger partial charge in [0, 0.05) is 26.2 Å². The fourth-order valence-electron chi connectivity index (χ4n) is 2.36. The van der Waals surface area contributed by atoms with E-state index in [2.05, 4.69) is 0 Å². The number of ether oxygens (including phenoxy) is 1. The van der Waals surface area contributed by atoms with Crippen LogP contribution in [0.2, 0.25) is 0 Å². The Morgan fingerprint density at radius 1 is 1.42 bits per heavy atom. The highest BCUT2D eigenvalue weighted by molar-refractivity contribution is 5.76. The molecule has 1 saturated heterocycles. The van der Waals surface area contributed by atoms with Crippen LogP contribution < -0.4 is 0 Å². The monoisotopic (exact) mass is 272 g/mol. The van der Waals surface area contributed by atoms with Crippen molar-refractivity contribution in [2.24, 2.45) is 0 Å². The third kappa shape index (κ3) is 4.09. The molecule has 0 saturated carbocycles. The van der Waals surface area contributed by atoms with Crippen molar-refractivity contribution in [3.8, 4) is 0 Å². The molecule has 1 rings (SSSR count). The first kappa shape index (κ1) is 15.8. The molecule has 0 aromatic rings. The van der Waals surface area contributed by atoms with Crippen LogP contribution in [0.4, 0.5) is 4.79 Å². The third-order valence-electron chi connectivity index (χ3n) is 3.57. The Balaban J connectivity index is 2.67. The molecule has 6 nitrogen and oxygen atoms in total. The number of amides is 2. The molecular formula is C13H24N2O4. The second-order valence-corrected chi connectivity index (χ2v) is 5.26. The Labute approximate surface area is 114 Å². The number of nitrogens with zero attached hydrogens (tertiary/aromatic N) is 2. The molecule has 2 unspecified atom stereocenters. The van der Waals surface area contributed by atoms with E-state index in [0.717, 1.165) is 6.42 Å². The van der Waals surface area contributed by atoms with E-state index in [1.165, 1.54) is 0 Å². The lowest BCUT2D eigenvalue weighted by Gasteiger charge is -2.34. The van der Waals surface area contributed by atoms with Crippen LogP contribution in [0, 0.1) is 0 Å². The molecule has 1 fully saturated rings. The maximum atomic E-state index is 12.4. The van der Waals surface area contributed by atoms with Crippen LogP contribution >= 0.6 is 0 Å². The molecule has 0 aliphatic carbocycles. The SMILES string of the molecule is CC1OCCC1N(C)C(=O)N(CCC(=O)O)C(C)C. The quantitative estimate of drug-likeness (QED) is 0.821. The Morgan fingerprint density at radius 3 is 2.47 bits per heavy atom. The highest BCUT2D eigenvalue weighted by Gasteiger charge is 2.33. The molecule has 0 bridgehead atoms. The van der Waals surface area contributed by atoms with Crippen molar-refractivity contribution < 1.29 is 19.4 Å². The third-order valence-corrected chi connectivity index (χ3v) is 3.57. The van der Waals surface area contributed by atoms with Crippen LogP contribution in [0.1, 0.15) is 33.6 Å². The minimum atomic E-state index is -0.890. The summed E-state index contributed by atoms with van der Waals surface area (Å²) < 4.78 is 5.47. The number of carboxylic acid groups (broad SMARTS) is 1. The van der Waals surface area contributed by atoms with Crippen molar-refractivity contribution in [1.82, 2.24) is 9.80 Å². The molecule has 1 aliphatic heterocycles. The van der Waals surface area contributed by atoms with E-state index in [0.29, 0.717) is 6.61 Å². The first-order valence-electron chi connectivity index (χ1n) is 6.71. The number of hydrogen-bond donors (Lipinski definition) is 1. The van der Waals surface area contributed by atoms with Gasteiger partial charge in [-0.2, -0.15) is 0 Å². The number of urea groups is 1. The summed E-state index contributed by atoms with van der Waals surface area (Å²) in [6, 6.07) is -0.0795. The van der Waals surface area contributed by atoms with E-state index in [1.54, 1.807) is 16.8 Å². The molecule has 0 aromatic carbocycles. The lowest BCUT2D eigenvalue weighted by Crippen LogP contribution is -2.50. The number of hydrogen-bond acceptors (Lipinski definition) is 3. The van der Waals surface area contributed by atoms with E-state index < -0.39 is 5.97 Å². The van der Waals surface area contributed by atoms with Gasteiger partial charge < -0.3 is 19.6 Å². The van der Waals surface area contributed by atoms with Crippen LogP contribution in [0.3, 0.4) is 0 Å². The highest BCUT2D eigenvalue weighted by Crippen LogP contribution is 2.20. The lowest BCUT2D eigenvalue weighted by atomic mass is 10.1. The Bertz CT molecular complexity index is 333. The number of aliphatic carboxylic acids is 1. The molecule has 6 heteroatoms. The zero-order chi connectivity index (χ0) is 14.6. The average Bonchev–Trinajstić information content (AvgIpc) is 2.73. The van der Waals surface area contributed by atoms with Gasteiger partial charge in [-0.3, -0.25) is 4.79 Å². The topological polar surface area (TPSA) is 70.1 Å². The first-order valence-corrected chi connectivity index (χ1v) is 6.71. The summed E-state index contributed by atoms with van der Waals surface area (Å²) in [4.78, 5) is 26.4. The largest absolute Gasteiger partial charge is 0.481 e. The second kappa shape index (κ2) is 6.75. The van der Waals surface area contributed by atoms with Gasteiger partial charge in [0.05, 0.1) is 18.6 Å². The van der Waals surface area contributed by atoms with Gasteiger partial charge in [-0.25, -0.2) is 4.79 Å². The summed E-state index contributed by atoms with van der Waals surface area (Å²) in [5.74, 6) is -0.890. The highest BCUT2D eigenvalue weighted by atomic mass is 16.5. The molecule has 19 heavy (non-hydrogen) atoms. The van der Waals surface area contributed by atoms with Gasteiger partial charge in [0.1, 0.15) is 0 Å². The molecular weight excluding hydrogens is 248 g/mol. The van der Waals surface area contributed by atoms with Gasteiger partial charge in [0.15, 0.2) is 0 Å². The van der Waals surface area contributed by atoms with Gasteiger partial charge >= 0.3 is 12.0 Å². The Morgan fingerprint density at radius 2 is 2.05 bits per heavy atom. The van der Waals surface area contributed by atoms with Crippen molar-refractivity contribution in [3.05, 3.63) is 0 Å². The predicted octanol–water partition coefficient (Wildman–Crippen LogP) is 1.40. The predicted molar refractivity (Wildman–Crippen MR) is 71.1 cm³/mol. The molecule has 1 aliphatic rings. The van der Waals surface area contributed by atoms with Gasteiger partial charge in [-0.1, -0.05) is 0 Å². The summed E-state index contributed by atoms with van der Waals surface area (Å²) in [5.41, 5.74) is 0. The smallest absolute Gasteiger partial charge is 0.320 e. The molecule has 110 valence electrons. The molecule has 0 spiro atoms. The molecule has 2 atom stereocenters. The van der Waals surface area contributed by atoms with Crippen molar-refractivity contribution in [3.63, 3.8) is 0 Å². The number of rotatable bonds is 5. The summed E-state index contributed by atoms with van der Waals surface area (Å²) in [6.45, 7) is 6.64. The number of carbonyl (C=O) groups excluding carboxylic acids is 1. The molecule has 0 aromatic heterocycles. The van der Waals surface area contributed by atoms with Crippen LogP contribution in [-0.2, 0) is 9.53 Å². The van der Waals surface area contributed by atoms with Gasteiger partial charge in [-0.15, -0.1) is 0 Å². The Hall–Kier alpha value is -1.30. The summed E-state index contributed by atoms with van der Waals surface area (Å²) in [5, 5.41) is 8.75. The number of likely N-dealkylation sites (N-methyl/N-ethyl adjacent to an activating group) is 1. The zero-order valence-electron chi connectivity index (χ0n) is 12.1. The fraction of sp³-hybridized carbons (Fsp3) is 0.846. The molecule has 1 heterocycles. The minimum Gasteiger partial charge on any atom is -0.481 e. The summed E-state index contributed by atoms with van der Waals surface area (Å²) >= 11 is 0. The van der Waals surface area contributed by atoms with Crippen LogP contribution in [0.5, 0.6) is 0 Å². The molecule has 2 amide bonds. The van der Waals surface area contributed by atoms with Gasteiger partial charge in [0.25, 0.3) is 0 Å². The Kier molecular flexibility index (Phi) is 5.60. The van der Waals surface area contributed by atoms with Crippen molar-refractivity contribution in [1.29, 1.82) is 0 Å². The standard InChI is InChI=1S/C13H24N2O4/c1-9(2)15(7-5-12(16)17)13(18)14(4)11-6-8-19-10(11)3/h9-11H,5-8H2,1-4H3,(H,16,17). The van der Waals surface area contributed by atoms with E-state index in [4.69, 9.17) is 9.84 Å². The minimum absolute atomic E-state index is 0.0214. The van der Waals surface area contributed by atoms with Crippen LogP contribution in [0.15, 0.2) is 0 Å². The fourth-order valence-corrected chi connectivity index (χ4v) is 2.36. The van der Waals surface area contributed by atoms with E-state index in [9.17, 15) is 9.59 Å². The summed E-state index contributed by atoms with van der Waals surface area (Å²) in [6.07, 6.45) is 0.824. The van der Waals surface area contributed by atoms with Crippen molar-refractivity contribution in [2.45, 2.75) is 51.8 Å². The van der Waals surface area contributed by atoms with Gasteiger partial charge in [-0.05, 0) is 27.2 Å². The molecule has 1 N–H and O–H groups in total. The maximum absolute atomic E-state index is 12.4. The van der Waals surface area contributed by atoms with Crippen molar-refractivity contribution in [2.75, 3.05) is 20.2 Å². The second-order valence-electron chi connectivity index (χ2n) is 5.26. The van der Waals surface area contributed by atoms with Crippen molar-refractivity contribution >= 4 is 12.0 Å². The van der Waals surface area contributed by atoms with E-state index >= 15 is 0 Å². The normalized spacial score (nSPS) is 22.6. The van der Waals surface area contributed by atoms with E-state index in [1.807, 2.05) is 20.8 Å². The first-order chi connectivity index (χ1) is 8.84. The molecule has 0 radical (unpaired) electrons. The number of carboxylic acids is 1. The van der Waals surface area contributed by atoms with Crippen LogP contribution in [-0.4, -0.2) is 65.3 Å². The lowest BCUT2D eigenvalue weighted by molar-refractivity contribution is -0.137. The zero-order valence-corrected chi connectivity index (χ0v) is 12.1. The maximum Gasteiger partial charge on any atom is 0.320 e. The number of carbonyl (C=O) groups is 2. The van der Waals surface area contributed by atoms with E-state index in [-0.39, 0.29) is 37.2 Å². The average molecular weight is 272 g/mol. The summed E-state index contributed by atoms with van der Waals surface area (Å²) in [7, 11) is 1.76. The van der Waals surface area contributed by atoms with Crippen LogP contribution in [0.25, 0.3) is 0 Å².